The first-order chi connectivity index (χ1) is 11.0. The molecule has 0 fully saturated rings. The molecule has 0 aliphatic rings. The van der Waals surface area contributed by atoms with E-state index in [0.717, 1.165) is 27.8 Å². The molecule has 2 heterocycles. The van der Waals surface area contributed by atoms with E-state index < -0.39 is 0 Å². The van der Waals surface area contributed by atoms with E-state index in [-0.39, 0.29) is 18.2 Å². The number of anilines is 1. The van der Waals surface area contributed by atoms with E-state index in [9.17, 15) is 4.79 Å². The molecule has 23 heavy (non-hydrogen) atoms. The standard InChI is InChI=1S/C18H19N3O2/c1-11(2)17-18(20-7-6-19-17)21-16(22)9-13-10-23-15-8-12(3)4-5-14(13)15/h4-8,10-11H,9H2,1-3H3,(H,20,21,22). The Hall–Kier alpha value is -2.69. The lowest BCUT2D eigenvalue weighted by Crippen LogP contribution is -2.17. The molecule has 0 unspecified atom stereocenters. The van der Waals surface area contributed by atoms with Crippen molar-refractivity contribution in [2.45, 2.75) is 33.1 Å². The maximum Gasteiger partial charge on any atom is 0.230 e. The Kier molecular flexibility index (Phi) is 4.10. The summed E-state index contributed by atoms with van der Waals surface area (Å²) in [5.41, 5.74) is 3.58. The first kappa shape index (κ1) is 15.2. The van der Waals surface area contributed by atoms with Crippen molar-refractivity contribution in [3.63, 3.8) is 0 Å². The number of benzene rings is 1. The van der Waals surface area contributed by atoms with E-state index in [0.29, 0.717) is 5.82 Å². The van der Waals surface area contributed by atoms with E-state index in [1.54, 1.807) is 18.7 Å². The summed E-state index contributed by atoms with van der Waals surface area (Å²) in [5.74, 6) is 0.587. The zero-order valence-corrected chi connectivity index (χ0v) is 13.5. The zero-order valence-electron chi connectivity index (χ0n) is 13.5. The molecule has 3 rings (SSSR count). The summed E-state index contributed by atoms with van der Waals surface area (Å²) in [6.07, 6.45) is 5.10. The second-order valence-electron chi connectivity index (χ2n) is 5.93. The van der Waals surface area contributed by atoms with Crippen LogP contribution in [0.5, 0.6) is 0 Å². The fourth-order valence-corrected chi connectivity index (χ4v) is 2.54. The van der Waals surface area contributed by atoms with E-state index in [4.69, 9.17) is 4.42 Å². The molecule has 3 aromatic rings. The number of hydrogen-bond acceptors (Lipinski definition) is 4. The number of rotatable bonds is 4. The number of amides is 1. The van der Waals surface area contributed by atoms with Crippen molar-refractivity contribution in [1.29, 1.82) is 0 Å². The van der Waals surface area contributed by atoms with Crippen LogP contribution < -0.4 is 5.32 Å². The van der Waals surface area contributed by atoms with Gasteiger partial charge in [0.05, 0.1) is 18.4 Å². The molecule has 5 nitrogen and oxygen atoms in total. The van der Waals surface area contributed by atoms with Crippen LogP contribution in [0.15, 0.2) is 41.3 Å². The fourth-order valence-electron chi connectivity index (χ4n) is 2.54. The van der Waals surface area contributed by atoms with Gasteiger partial charge in [-0.25, -0.2) is 4.98 Å². The maximum absolute atomic E-state index is 12.3. The van der Waals surface area contributed by atoms with Gasteiger partial charge < -0.3 is 9.73 Å². The number of fused-ring (bicyclic) bond motifs is 1. The number of carbonyl (C=O) groups excluding carboxylic acids is 1. The first-order valence-electron chi connectivity index (χ1n) is 7.62. The van der Waals surface area contributed by atoms with Crippen molar-refractivity contribution in [2.75, 3.05) is 5.32 Å². The average Bonchev–Trinajstić information content (AvgIpc) is 2.89. The number of carbonyl (C=O) groups is 1. The van der Waals surface area contributed by atoms with Crippen molar-refractivity contribution in [2.24, 2.45) is 0 Å². The molecule has 118 valence electrons. The summed E-state index contributed by atoms with van der Waals surface area (Å²) in [6.45, 7) is 6.05. The molecular weight excluding hydrogens is 290 g/mol. The Morgan fingerprint density at radius 3 is 2.83 bits per heavy atom. The van der Waals surface area contributed by atoms with Gasteiger partial charge in [-0.1, -0.05) is 26.0 Å². The Bertz CT molecular complexity index is 852. The number of furan rings is 1. The average molecular weight is 309 g/mol. The number of nitrogens with zero attached hydrogens (tertiary/aromatic N) is 2. The Balaban J connectivity index is 1.79. The molecule has 0 spiro atoms. The van der Waals surface area contributed by atoms with Gasteiger partial charge in [0.2, 0.25) is 5.91 Å². The highest BCUT2D eigenvalue weighted by atomic mass is 16.3. The van der Waals surface area contributed by atoms with Gasteiger partial charge >= 0.3 is 0 Å². The summed E-state index contributed by atoms with van der Waals surface area (Å²) >= 11 is 0. The van der Waals surface area contributed by atoms with Gasteiger partial charge in [-0.2, -0.15) is 0 Å². The van der Waals surface area contributed by atoms with Crippen LogP contribution in [0.1, 0.15) is 36.6 Å². The van der Waals surface area contributed by atoms with Gasteiger partial charge in [0.25, 0.3) is 0 Å². The molecule has 0 aliphatic carbocycles. The molecule has 1 amide bonds. The van der Waals surface area contributed by atoms with Crippen molar-refractivity contribution >= 4 is 22.7 Å². The van der Waals surface area contributed by atoms with Gasteiger partial charge in [0.1, 0.15) is 5.58 Å². The predicted molar refractivity (Wildman–Crippen MR) is 89.4 cm³/mol. The maximum atomic E-state index is 12.3. The molecule has 1 N–H and O–H groups in total. The molecule has 0 bridgehead atoms. The molecule has 0 saturated heterocycles. The van der Waals surface area contributed by atoms with E-state index in [2.05, 4.69) is 15.3 Å². The number of aryl methyl sites for hydroxylation is 1. The molecule has 0 aliphatic heterocycles. The van der Waals surface area contributed by atoms with Crippen LogP contribution >= 0.6 is 0 Å². The van der Waals surface area contributed by atoms with Crippen LogP contribution in [0.2, 0.25) is 0 Å². The van der Waals surface area contributed by atoms with Crippen LogP contribution in [-0.2, 0) is 11.2 Å². The summed E-state index contributed by atoms with van der Waals surface area (Å²) in [7, 11) is 0. The topological polar surface area (TPSA) is 68.0 Å². The highest BCUT2D eigenvalue weighted by Crippen LogP contribution is 2.23. The van der Waals surface area contributed by atoms with Crippen LogP contribution in [-0.4, -0.2) is 15.9 Å². The smallest absolute Gasteiger partial charge is 0.230 e. The molecule has 1 aromatic carbocycles. The lowest BCUT2D eigenvalue weighted by Gasteiger charge is -2.10. The fraction of sp³-hybridized carbons (Fsp3) is 0.278. The predicted octanol–water partition coefficient (Wildman–Crippen LogP) is 3.84. The molecule has 0 radical (unpaired) electrons. The van der Waals surface area contributed by atoms with E-state index in [1.807, 2.05) is 39.0 Å². The van der Waals surface area contributed by atoms with Gasteiger partial charge in [0.15, 0.2) is 5.82 Å². The second kappa shape index (κ2) is 6.20. The molecule has 0 saturated carbocycles. The van der Waals surface area contributed by atoms with Gasteiger partial charge in [-0.3, -0.25) is 9.78 Å². The third-order valence-electron chi connectivity index (χ3n) is 3.69. The van der Waals surface area contributed by atoms with Gasteiger partial charge in [0, 0.05) is 23.3 Å². The first-order valence-corrected chi connectivity index (χ1v) is 7.62. The Labute approximate surface area is 134 Å². The van der Waals surface area contributed by atoms with E-state index >= 15 is 0 Å². The van der Waals surface area contributed by atoms with Crippen molar-refractivity contribution in [3.8, 4) is 0 Å². The summed E-state index contributed by atoms with van der Waals surface area (Å²) < 4.78 is 5.53. The zero-order chi connectivity index (χ0) is 16.4. The Morgan fingerprint density at radius 2 is 2.04 bits per heavy atom. The second-order valence-corrected chi connectivity index (χ2v) is 5.93. The van der Waals surface area contributed by atoms with Gasteiger partial charge in [-0.05, 0) is 24.5 Å². The normalized spacial score (nSPS) is 11.1. The number of aromatic nitrogens is 2. The molecule has 5 heteroatoms. The third kappa shape index (κ3) is 3.23. The highest BCUT2D eigenvalue weighted by Gasteiger charge is 2.14. The Morgan fingerprint density at radius 1 is 1.26 bits per heavy atom. The molecular formula is C18H19N3O2. The lowest BCUT2D eigenvalue weighted by molar-refractivity contribution is -0.115. The monoisotopic (exact) mass is 309 g/mol. The molecule has 2 aromatic heterocycles. The number of hydrogen-bond donors (Lipinski definition) is 1. The summed E-state index contributed by atoms with van der Waals surface area (Å²) in [4.78, 5) is 20.9. The minimum absolute atomic E-state index is 0.129. The van der Waals surface area contributed by atoms with Crippen LogP contribution in [0.25, 0.3) is 11.0 Å². The van der Waals surface area contributed by atoms with Crippen LogP contribution in [0.3, 0.4) is 0 Å². The number of nitrogens with one attached hydrogen (secondary N) is 1. The van der Waals surface area contributed by atoms with Crippen molar-refractivity contribution < 1.29 is 9.21 Å². The SMILES string of the molecule is Cc1ccc2c(CC(=O)Nc3nccnc3C(C)C)coc2c1. The summed E-state index contributed by atoms with van der Waals surface area (Å²) in [6, 6.07) is 5.97. The van der Waals surface area contributed by atoms with E-state index in [1.165, 1.54) is 0 Å². The largest absolute Gasteiger partial charge is 0.464 e. The molecule has 0 atom stereocenters. The van der Waals surface area contributed by atoms with Crippen LogP contribution in [0, 0.1) is 6.92 Å². The van der Waals surface area contributed by atoms with Gasteiger partial charge in [-0.15, -0.1) is 0 Å². The summed E-state index contributed by atoms with van der Waals surface area (Å²) in [5, 5.41) is 3.82. The lowest BCUT2D eigenvalue weighted by atomic mass is 10.1. The quantitative estimate of drug-likeness (QED) is 0.795. The highest BCUT2D eigenvalue weighted by molar-refractivity contribution is 5.95. The van der Waals surface area contributed by atoms with Crippen molar-refractivity contribution in [1.82, 2.24) is 9.97 Å². The van der Waals surface area contributed by atoms with Crippen LogP contribution in [0.4, 0.5) is 5.82 Å². The minimum atomic E-state index is -0.129. The van der Waals surface area contributed by atoms with Crippen molar-refractivity contribution in [3.05, 3.63) is 53.7 Å². The minimum Gasteiger partial charge on any atom is -0.464 e. The third-order valence-corrected chi connectivity index (χ3v) is 3.69.